The van der Waals surface area contributed by atoms with Gasteiger partial charge in [-0.2, -0.15) is 5.26 Å². The minimum atomic E-state index is 0.312. The molecule has 3 aliphatic rings. The zero-order valence-electron chi connectivity index (χ0n) is 23.4. The number of hydrogen-bond acceptors (Lipinski definition) is 9. The van der Waals surface area contributed by atoms with Gasteiger partial charge in [-0.25, -0.2) is 9.97 Å². The summed E-state index contributed by atoms with van der Waals surface area (Å²) in [6, 6.07) is 9.18. The summed E-state index contributed by atoms with van der Waals surface area (Å²) in [6.07, 6.45) is 15.0. The van der Waals surface area contributed by atoms with E-state index in [4.69, 9.17) is 20.4 Å². The molecule has 0 radical (unpaired) electrons. The van der Waals surface area contributed by atoms with Crippen molar-refractivity contribution < 1.29 is 4.74 Å². The number of aromatic nitrogens is 4. The molecule has 3 aromatic rings. The van der Waals surface area contributed by atoms with Crippen LogP contribution in [0.3, 0.4) is 0 Å². The minimum Gasteiger partial charge on any atom is -0.481 e. The Bertz CT molecular complexity index is 1410. The van der Waals surface area contributed by atoms with E-state index in [1.165, 1.54) is 23.8 Å². The van der Waals surface area contributed by atoms with E-state index in [2.05, 4.69) is 57.9 Å². The summed E-state index contributed by atoms with van der Waals surface area (Å²) in [4.78, 5) is 23.5. The summed E-state index contributed by atoms with van der Waals surface area (Å²) in [5, 5.41) is 9.67. The summed E-state index contributed by atoms with van der Waals surface area (Å²) in [6.45, 7) is 7.01. The van der Waals surface area contributed by atoms with Gasteiger partial charge in [0.05, 0.1) is 36.5 Å². The molecule has 2 unspecified atom stereocenters. The van der Waals surface area contributed by atoms with Crippen LogP contribution in [0.5, 0.6) is 5.88 Å². The summed E-state index contributed by atoms with van der Waals surface area (Å²) in [7, 11) is 1.63. The van der Waals surface area contributed by atoms with Gasteiger partial charge in [0, 0.05) is 61.9 Å². The van der Waals surface area contributed by atoms with Gasteiger partial charge < -0.3 is 15.4 Å². The van der Waals surface area contributed by atoms with Gasteiger partial charge in [-0.3, -0.25) is 14.9 Å². The van der Waals surface area contributed by atoms with Gasteiger partial charge in [0.25, 0.3) is 0 Å². The first kappa shape index (κ1) is 27.3. The molecule has 6 rings (SSSR count). The van der Waals surface area contributed by atoms with Crippen LogP contribution in [0.1, 0.15) is 56.4 Å². The summed E-state index contributed by atoms with van der Waals surface area (Å²) < 4.78 is 5.18. The van der Waals surface area contributed by atoms with Gasteiger partial charge in [-0.1, -0.05) is 32.4 Å². The van der Waals surface area contributed by atoms with Crippen molar-refractivity contribution >= 4 is 17.0 Å². The predicted octanol–water partition coefficient (Wildman–Crippen LogP) is 4.82. The fourth-order valence-corrected chi connectivity index (χ4v) is 5.69. The van der Waals surface area contributed by atoms with Crippen LogP contribution in [-0.4, -0.2) is 57.1 Å². The number of allylic oxidation sites excluding steroid dienone is 3. The lowest BCUT2D eigenvalue weighted by Crippen LogP contribution is -2.68. The molecule has 3 aliphatic heterocycles. The van der Waals surface area contributed by atoms with Crippen LogP contribution in [0, 0.1) is 11.3 Å². The molecule has 0 amide bonds. The Hall–Kier alpha value is -4.29. The number of methoxy groups -OCH3 is 1. The number of pyridine rings is 2. The molecule has 3 saturated heterocycles. The fraction of sp³-hybridized carbons (Fsp3) is 0.387. The molecule has 0 spiro atoms. The van der Waals surface area contributed by atoms with E-state index in [1.807, 2.05) is 24.7 Å². The Morgan fingerprint density at radius 3 is 2.52 bits per heavy atom. The number of nitriles is 1. The molecular formula is C31H36N8O. The number of fused-ring (bicyclic) bond motifs is 2. The molecule has 0 saturated carbocycles. The van der Waals surface area contributed by atoms with Crippen LogP contribution in [0.4, 0.5) is 5.82 Å². The zero-order valence-corrected chi connectivity index (χ0v) is 23.4. The maximum atomic E-state index is 9.67. The number of nitrogens with two attached hydrogens (primary N) is 1. The van der Waals surface area contributed by atoms with Gasteiger partial charge in [0.1, 0.15) is 11.9 Å². The Balaban J connectivity index is 1.34. The van der Waals surface area contributed by atoms with Gasteiger partial charge >= 0.3 is 0 Å². The van der Waals surface area contributed by atoms with E-state index >= 15 is 0 Å². The van der Waals surface area contributed by atoms with E-state index in [-0.39, 0.29) is 0 Å². The first-order valence-electron chi connectivity index (χ1n) is 13.9. The molecule has 40 heavy (non-hydrogen) atoms. The number of ether oxygens (including phenoxy) is 1. The molecular weight excluding hydrogens is 500 g/mol. The fourth-order valence-electron chi connectivity index (χ4n) is 5.69. The number of anilines is 1. The molecule has 0 aliphatic carbocycles. The van der Waals surface area contributed by atoms with E-state index < -0.39 is 0 Å². The monoisotopic (exact) mass is 536 g/mol. The maximum Gasteiger partial charge on any atom is 0.212 e. The Morgan fingerprint density at radius 1 is 1.10 bits per heavy atom. The third-order valence-corrected chi connectivity index (χ3v) is 7.73. The Kier molecular flexibility index (Phi) is 8.37. The highest BCUT2D eigenvalue weighted by Crippen LogP contribution is 2.36. The van der Waals surface area contributed by atoms with Crippen molar-refractivity contribution in [2.45, 2.75) is 58.2 Å². The molecule has 9 nitrogen and oxygen atoms in total. The molecule has 6 heterocycles. The molecule has 2 atom stereocenters. The quantitative estimate of drug-likeness (QED) is 0.364. The largest absolute Gasteiger partial charge is 0.481 e. The zero-order chi connectivity index (χ0) is 28.1. The van der Waals surface area contributed by atoms with Crippen LogP contribution in [0.2, 0.25) is 0 Å². The smallest absolute Gasteiger partial charge is 0.212 e. The Morgan fingerprint density at radius 2 is 1.93 bits per heavy atom. The highest BCUT2D eigenvalue weighted by atomic mass is 16.5. The second-order valence-corrected chi connectivity index (χ2v) is 10.3. The van der Waals surface area contributed by atoms with Gasteiger partial charge in [0.15, 0.2) is 0 Å². The van der Waals surface area contributed by atoms with Crippen molar-refractivity contribution in [1.82, 2.24) is 24.8 Å². The van der Waals surface area contributed by atoms with Crippen molar-refractivity contribution in [2.75, 3.05) is 25.1 Å². The van der Waals surface area contributed by atoms with Crippen molar-refractivity contribution in [2.24, 2.45) is 5.73 Å². The number of rotatable bonds is 10. The lowest BCUT2D eigenvalue weighted by Gasteiger charge is -2.56. The maximum absolute atomic E-state index is 9.67. The second-order valence-electron chi connectivity index (χ2n) is 10.3. The third-order valence-electron chi connectivity index (χ3n) is 7.73. The third kappa shape index (κ3) is 5.54. The normalized spacial score (nSPS) is 19.2. The van der Waals surface area contributed by atoms with Crippen molar-refractivity contribution in [3.8, 4) is 23.2 Å². The van der Waals surface area contributed by atoms with Crippen LogP contribution in [0.25, 0.3) is 22.4 Å². The molecule has 2 N–H and O–H groups in total. The number of nitrogens with zero attached hydrogens (tertiary/aromatic N) is 7. The molecule has 9 heteroatoms. The van der Waals surface area contributed by atoms with Crippen LogP contribution in [0.15, 0.2) is 55.3 Å². The van der Waals surface area contributed by atoms with Gasteiger partial charge in [-0.05, 0) is 42.0 Å². The van der Waals surface area contributed by atoms with Crippen molar-refractivity contribution in [3.63, 3.8) is 0 Å². The first-order chi connectivity index (χ1) is 19.6. The van der Waals surface area contributed by atoms with Gasteiger partial charge in [-0.15, -0.1) is 0 Å². The molecule has 206 valence electrons. The average Bonchev–Trinajstić information content (AvgIpc) is 3.01. The average molecular weight is 537 g/mol. The van der Waals surface area contributed by atoms with Crippen molar-refractivity contribution in [1.29, 1.82) is 5.26 Å². The van der Waals surface area contributed by atoms with E-state index in [1.54, 1.807) is 13.3 Å². The van der Waals surface area contributed by atoms with Crippen molar-refractivity contribution in [3.05, 3.63) is 72.1 Å². The number of hydrogen-bond donors (Lipinski definition) is 1. The summed E-state index contributed by atoms with van der Waals surface area (Å²) in [5.41, 5.74) is 11.5. The highest BCUT2D eigenvalue weighted by Gasteiger charge is 2.44. The second kappa shape index (κ2) is 12.3. The van der Waals surface area contributed by atoms with E-state index in [9.17, 15) is 5.26 Å². The van der Waals surface area contributed by atoms with Crippen LogP contribution >= 0.6 is 0 Å². The van der Waals surface area contributed by atoms with Gasteiger partial charge in [0.2, 0.25) is 5.88 Å². The van der Waals surface area contributed by atoms with E-state index in [0.29, 0.717) is 34.9 Å². The summed E-state index contributed by atoms with van der Waals surface area (Å²) in [5.74, 6) is 1.50. The number of piperazine rings is 1. The van der Waals surface area contributed by atoms with Crippen LogP contribution in [-0.2, 0) is 6.54 Å². The predicted molar refractivity (Wildman–Crippen MR) is 157 cm³/mol. The SMILES string of the molecule is CC/C=C(\CCC)c1cnc(C(C#N)=CN)c(-c2cnc(N3CC4CC(C3)N4Cc3ccc(OC)nc3)cn2)c1. The highest BCUT2D eigenvalue weighted by molar-refractivity contribution is 5.85. The first-order valence-corrected chi connectivity index (χ1v) is 13.9. The minimum absolute atomic E-state index is 0.312. The molecule has 2 bridgehead atoms. The molecule has 3 fully saturated rings. The van der Waals surface area contributed by atoms with Crippen LogP contribution < -0.4 is 15.4 Å². The lowest BCUT2D eigenvalue weighted by molar-refractivity contribution is -0.00879. The molecule has 0 aromatic carbocycles. The topological polar surface area (TPSA) is 117 Å². The summed E-state index contributed by atoms with van der Waals surface area (Å²) >= 11 is 0. The lowest BCUT2D eigenvalue weighted by atomic mass is 9.87. The molecule has 3 aromatic heterocycles. The number of piperidine rings is 1. The Labute approximate surface area is 236 Å². The van der Waals surface area contributed by atoms with E-state index in [0.717, 1.165) is 55.8 Å². The standard InChI is InChI=1S/C31H36N8O/c1-4-6-22(7-5-2)23-10-27(31(37-15-23)24(12-32)13-33)28-16-35-29(17-34-28)38-19-25-11-26(20-38)39(25)18-21-8-9-30(40-3)36-14-21/h6,8-10,12,14-17,25-26H,4-5,7,11,18-20,32H2,1-3H3/b22-6+,24-12?.